The molecule has 0 aromatic carbocycles. The first kappa shape index (κ1) is 18.6. The van der Waals surface area contributed by atoms with E-state index in [4.69, 9.17) is 15.3 Å². The molecule has 24 heavy (non-hydrogen) atoms. The van der Waals surface area contributed by atoms with Gasteiger partial charge >= 0.3 is 0 Å². The molecule has 1 aliphatic carbocycles. The Morgan fingerprint density at radius 1 is 1.46 bits per heavy atom. The number of oxime groups is 1. The number of nitrogens with two attached hydrogens (primary N) is 1. The van der Waals surface area contributed by atoms with Gasteiger partial charge in [0, 0.05) is 18.8 Å². The van der Waals surface area contributed by atoms with Crippen LogP contribution in [0.1, 0.15) is 31.4 Å². The van der Waals surface area contributed by atoms with E-state index in [1.165, 1.54) is 7.11 Å². The van der Waals surface area contributed by atoms with Crippen LogP contribution in [0.5, 0.6) is 5.88 Å². The number of ketones is 1. The van der Waals surface area contributed by atoms with Gasteiger partial charge in [-0.2, -0.15) is 0 Å². The van der Waals surface area contributed by atoms with Gasteiger partial charge < -0.3 is 15.3 Å². The van der Waals surface area contributed by atoms with Crippen molar-refractivity contribution in [2.24, 2.45) is 16.8 Å². The minimum absolute atomic E-state index is 0.0104. The average molecular weight is 406 g/mol. The first-order valence-electron chi connectivity index (χ1n) is 7.39. The van der Waals surface area contributed by atoms with Gasteiger partial charge in [-0.3, -0.25) is 4.79 Å². The van der Waals surface area contributed by atoms with Gasteiger partial charge in [-0.1, -0.05) is 5.16 Å². The Labute approximate surface area is 146 Å². The maximum atomic E-state index is 13.1. The van der Waals surface area contributed by atoms with E-state index in [0.29, 0.717) is 16.0 Å². The largest absolute Gasteiger partial charge is 0.480 e. The number of amidine groups is 1. The second-order valence-corrected chi connectivity index (χ2v) is 6.39. The van der Waals surface area contributed by atoms with E-state index in [2.05, 4.69) is 26.1 Å². The molecule has 0 amide bonds. The van der Waals surface area contributed by atoms with E-state index in [9.17, 15) is 13.6 Å². The van der Waals surface area contributed by atoms with Crippen molar-refractivity contribution in [1.82, 2.24) is 4.98 Å². The molecule has 0 saturated heterocycles. The SMILES string of the molecule is COc1nc(/C(N)=N/OCC(=O)C2CCC(F)(F)CC2)ccc1Br. The molecule has 0 unspecified atom stereocenters. The fraction of sp³-hybridized carbons (Fsp3) is 0.533. The number of carbonyl (C=O) groups is 1. The van der Waals surface area contributed by atoms with Crippen LogP contribution in [0.15, 0.2) is 21.8 Å². The van der Waals surface area contributed by atoms with Crippen molar-refractivity contribution in [3.05, 3.63) is 22.3 Å². The third-order valence-electron chi connectivity index (χ3n) is 3.81. The molecule has 0 radical (unpaired) electrons. The van der Waals surface area contributed by atoms with Gasteiger partial charge in [0.15, 0.2) is 18.2 Å². The zero-order chi connectivity index (χ0) is 17.7. The number of nitrogens with zero attached hydrogens (tertiary/aromatic N) is 2. The maximum Gasteiger partial charge on any atom is 0.248 e. The van der Waals surface area contributed by atoms with Crippen LogP contribution in [-0.2, 0) is 9.63 Å². The molecule has 2 N–H and O–H groups in total. The number of hydrogen-bond acceptors (Lipinski definition) is 5. The lowest BCUT2D eigenvalue weighted by molar-refractivity contribution is -0.131. The van der Waals surface area contributed by atoms with Gasteiger partial charge in [-0.25, -0.2) is 13.8 Å². The Morgan fingerprint density at radius 2 is 2.12 bits per heavy atom. The van der Waals surface area contributed by atoms with Gasteiger partial charge in [0.1, 0.15) is 5.69 Å². The topological polar surface area (TPSA) is 86.8 Å². The van der Waals surface area contributed by atoms with Crippen molar-refractivity contribution >= 4 is 27.5 Å². The van der Waals surface area contributed by atoms with Crippen LogP contribution in [0.2, 0.25) is 0 Å². The Bertz CT molecular complexity index is 630. The second-order valence-electron chi connectivity index (χ2n) is 5.53. The smallest absolute Gasteiger partial charge is 0.248 e. The van der Waals surface area contributed by atoms with Crippen LogP contribution in [0, 0.1) is 5.92 Å². The zero-order valence-electron chi connectivity index (χ0n) is 13.1. The second kappa shape index (κ2) is 7.87. The van der Waals surface area contributed by atoms with Crippen LogP contribution in [0.25, 0.3) is 0 Å². The fourth-order valence-electron chi connectivity index (χ4n) is 2.40. The Morgan fingerprint density at radius 3 is 2.75 bits per heavy atom. The number of Topliss-reactive ketones (excluding diaryl/α,β-unsaturated/α-hetero) is 1. The summed E-state index contributed by atoms with van der Waals surface area (Å²) < 4.78 is 31.9. The molecule has 1 fully saturated rings. The van der Waals surface area contributed by atoms with Crippen LogP contribution in [0.4, 0.5) is 8.78 Å². The number of halogens is 3. The third-order valence-corrected chi connectivity index (χ3v) is 4.42. The van der Waals surface area contributed by atoms with E-state index < -0.39 is 11.8 Å². The highest BCUT2D eigenvalue weighted by atomic mass is 79.9. The number of ether oxygens (including phenoxy) is 1. The van der Waals surface area contributed by atoms with Crippen molar-refractivity contribution in [3.8, 4) is 5.88 Å². The predicted molar refractivity (Wildman–Crippen MR) is 87.1 cm³/mol. The molecule has 0 bridgehead atoms. The monoisotopic (exact) mass is 405 g/mol. The van der Waals surface area contributed by atoms with Crippen molar-refractivity contribution in [2.75, 3.05) is 13.7 Å². The van der Waals surface area contributed by atoms with Crippen molar-refractivity contribution in [3.63, 3.8) is 0 Å². The minimum Gasteiger partial charge on any atom is -0.480 e. The summed E-state index contributed by atoms with van der Waals surface area (Å²) in [6, 6.07) is 3.30. The quantitative estimate of drug-likeness (QED) is 0.446. The van der Waals surface area contributed by atoms with Crippen LogP contribution < -0.4 is 10.5 Å². The lowest BCUT2D eigenvalue weighted by Crippen LogP contribution is -2.30. The summed E-state index contributed by atoms with van der Waals surface area (Å²) >= 11 is 3.27. The molecule has 132 valence electrons. The Hall–Kier alpha value is -1.77. The molecule has 0 atom stereocenters. The van der Waals surface area contributed by atoms with Gasteiger partial charge in [0.2, 0.25) is 11.8 Å². The first-order chi connectivity index (χ1) is 11.3. The molecule has 0 spiro atoms. The zero-order valence-corrected chi connectivity index (χ0v) is 14.7. The summed E-state index contributed by atoms with van der Waals surface area (Å²) in [5.41, 5.74) is 6.08. The van der Waals surface area contributed by atoms with Crippen LogP contribution in [-0.4, -0.2) is 36.2 Å². The Kier molecular flexibility index (Phi) is 6.09. The number of hydrogen-bond donors (Lipinski definition) is 1. The summed E-state index contributed by atoms with van der Waals surface area (Å²) in [7, 11) is 1.47. The molecule has 9 heteroatoms. The van der Waals surface area contributed by atoms with E-state index in [-0.39, 0.29) is 43.9 Å². The number of pyridine rings is 1. The van der Waals surface area contributed by atoms with Gasteiger partial charge in [-0.15, -0.1) is 0 Å². The summed E-state index contributed by atoms with van der Waals surface area (Å²) in [4.78, 5) is 21.0. The highest BCUT2D eigenvalue weighted by Crippen LogP contribution is 2.36. The molecule has 2 rings (SSSR count). The molecule has 0 aliphatic heterocycles. The molecular formula is C15H18BrF2N3O3. The molecule has 1 aromatic rings. The molecule has 1 heterocycles. The minimum atomic E-state index is -2.66. The number of rotatable bonds is 6. The Balaban J connectivity index is 1.88. The summed E-state index contributed by atoms with van der Waals surface area (Å²) in [6.45, 7) is -0.301. The number of methoxy groups -OCH3 is 1. The highest BCUT2D eigenvalue weighted by molar-refractivity contribution is 9.10. The van der Waals surface area contributed by atoms with E-state index >= 15 is 0 Å². The first-order valence-corrected chi connectivity index (χ1v) is 8.18. The molecular weight excluding hydrogens is 388 g/mol. The highest BCUT2D eigenvalue weighted by Gasteiger charge is 2.37. The molecule has 1 aliphatic rings. The van der Waals surface area contributed by atoms with Gasteiger partial charge in [0.05, 0.1) is 11.6 Å². The number of carbonyl (C=O) groups excluding carboxylic acids is 1. The maximum absolute atomic E-state index is 13.1. The van der Waals surface area contributed by atoms with Gasteiger partial charge in [0.25, 0.3) is 0 Å². The normalized spacial score (nSPS) is 18.2. The van der Waals surface area contributed by atoms with Gasteiger partial charge in [-0.05, 0) is 40.9 Å². The lowest BCUT2D eigenvalue weighted by Gasteiger charge is -2.26. The fourth-order valence-corrected chi connectivity index (χ4v) is 2.78. The molecule has 1 aromatic heterocycles. The number of aromatic nitrogens is 1. The van der Waals surface area contributed by atoms with Crippen molar-refractivity contribution in [2.45, 2.75) is 31.6 Å². The molecule has 6 nitrogen and oxygen atoms in total. The summed E-state index contributed by atoms with van der Waals surface area (Å²) in [5, 5.41) is 3.65. The average Bonchev–Trinajstić information content (AvgIpc) is 2.55. The third kappa shape index (κ3) is 4.86. The lowest BCUT2D eigenvalue weighted by atomic mass is 9.84. The van der Waals surface area contributed by atoms with Crippen molar-refractivity contribution in [1.29, 1.82) is 0 Å². The van der Waals surface area contributed by atoms with E-state index in [0.717, 1.165) is 0 Å². The van der Waals surface area contributed by atoms with E-state index in [1.54, 1.807) is 12.1 Å². The predicted octanol–water partition coefficient (Wildman–Crippen LogP) is 2.88. The van der Waals surface area contributed by atoms with Crippen LogP contribution in [0.3, 0.4) is 0 Å². The standard InChI is InChI=1S/C15H18BrF2N3O3/c1-23-14-10(16)2-3-11(20-14)13(19)21-24-8-12(22)9-4-6-15(17,18)7-5-9/h2-3,9H,4-8H2,1H3,(H2,19,21). The summed E-state index contributed by atoms with van der Waals surface area (Å²) in [5.74, 6) is -2.99. The summed E-state index contributed by atoms with van der Waals surface area (Å²) in [6.07, 6.45) is -0.200. The number of alkyl halides is 2. The van der Waals surface area contributed by atoms with Crippen LogP contribution >= 0.6 is 15.9 Å². The van der Waals surface area contributed by atoms with Crippen molar-refractivity contribution < 1.29 is 23.1 Å². The molecule has 1 saturated carbocycles. The van der Waals surface area contributed by atoms with E-state index in [1.807, 2.05) is 0 Å².